The lowest BCUT2D eigenvalue weighted by atomic mass is 10.1. The van der Waals surface area contributed by atoms with Gasteiger partial charge in [-0.25, -0.2) is 9.29 Å². The van der Waals surface area contributed by atoms with E-state index in [0.717, 1.165) is 15.9 Å². The maximum absolute atomic E-state index is 13.3. The van der Waals surface area contributed by atoms with Gasteiger partial charge in [-0.1, -0.05) is 12.1 Å². The second kappa shape index (κ2) is 7.55. The van der Waals surface area contributed by atoms with Gasteiger partial charge in [0.05, 0.1) is 5.56 Å². The number of aryl methyl sites for hydroxylation is 2. The van der Waals surface area contributed by atoms with Crippen LogP contribution in [0.3, 0.4) is 0 Å². The van der Waals surface area contributed by atoms with E-state index in [2.05, 4.69) is 4.98 Å². The molecule has 1 fully saturated rings. The molecule has 1 aliphatic rings. The molecule has 2 aromatic rings. The van der Waals surface area contributed by atoms with Crippen LogP contribution in [-0.2, 0) is 21.2 Å². The van der Waals surface area contributed by atoms with Gasteiger partial charge in [-0.2, -0.15) is 25.9 Å². The third-order valence-corrected chi connectivity index (χ3v) is 6.73. The lowest BCUT2D eigenvalue weighted by Crippen LogP contribution is -2.47. The minimum Gasteiger partial charge on any atom is -0.314 e. The third-order valence-electron chi connectivity index (χ3n) is 4.85. The molecule has 1 aliphatic heterocycles. The van der Waals surface area contributed by atoms with Crippen molar-refractivity contribution in [1.82, 2.24) is 9.29 Å². The largest absolute Gasteiger partial charge is 0.416 e. The number of halogens is 3. The van der Waals surface area contributed by atoms with Crippen molar-refractivity contribution in [3.8, 4) is 0 Å². The molecule has 0 spiro atoms. The van der Waals surface area contributed by atoms with E-state index in [1.54, 1.807) is 18.2 Å². The van der Waals surface area contributed by atoms with Crippen molar-refractivity contribution in [2.75, 3.05) is 29.8 Å². The number of hydrogen-bond donors (Lipinski definition) is 0. The number of hydrogen-bond acceptors (Lipinski definition) is 4. The van der Waals surface area contributed by atoms with Gasteiger partial charge in [0.2, 0.25) is 0 Å². The summed E-state index contributed by atoms with van der Waals surface area (Å²) in [5.74, 6) is -1.02. The fraction of sp³-hybridized carbons (Fsp3) is 0.368. The molecule has 1 aromatic heterocycles. The van der Waals surface area contributed by atoms with Crippen LogP contribution in [0.5, 0.6) is 0 Å². The van der Waals surface area contributed by atoms with Crippen molar-refractivity contribution >= 4 is 27.6 Å². The van der Waals surface area contributed by atoms with Crippen molar-refractivity contribution in [2.24, 2.45) is 0 Å². The number of carbonyl (C=O) groups is 1. The van der Waals surface area contributed by atoms with E-state index in [9.17, 15) is 26.4 Å². The van der Waals surface area contributed by atoms with Crippen molar-refractivity contribution in [3.05, 3.63) is 53.2 Å². The molecule has 0 aliphatic carbocycles. The summed E-state index contributed by atoms with van der Waals surface area (Å²) in [6.45, 7) is 2.96. The topological polar surface area (TPSA) is 73.8 Å². The lowest BCUT2D eigenvalue weighted by molar-refractivity contribution is -0.137. The maximum Gasteiger partial charge on any atom is 0.416 e. The number of rotatable bonds is 3. The molecular formula is C19H21F3N4O3S. The Balaban J connectivity index is 2.07. The van der Waals surface area contributed by atoms with Crippen LogP contribution in [-0.4, -0.2) is 50.3 Å². The van der Waals surface area contributed by atoms with Gasteiger partial charge in [0.25, 0.3) is 5.91 Å². The summed E-state index contributed by atoms with van der Waals surface area (Å²) in [5.41, 5.74) is 0.395. The summed E-state index contributed by atoms with van der Waals surface area (Å²) < 4.78 is 67.1. The first-order valence-electron chi connectivity index (χ1n) is 8.98. The van der Waals surface area contributed by atoms with E-state index in [1.165, 1.54) is 25.9 Å². The zero-order valence-corrected chi connectivity index (χ0v) is 17.6. The SMILES string of the molecule is Cc1cccc(N(C)C(=O)[C@@H]2CN(C)S(=O)(=O)N2c2cc(C(F)(F)F)cc(C)n2)c1. The third kappa shape index (κ3) is 3.99. The van der Waals surface area contributed by atoms with Gasteiger partial charge in [0, 0.05) is 32.0 Å². The van der Waals surface area contributed by atoms with Crippen molar-refractivity contribution in [1.29, 1.82) is 0 Å². The van der Waals surface area contributed by atoms with Gasteiger partial charge in [-0.05, 0) is 43.7 Å². The van der Waals surface area contributed by atoms with Crippen molar-refractivity contribution in [3.63, 3.8) is 0 Å². The number of aromatic nitrogens is 1. The van der Waals surface area contributed by atoms with E-state index in [1.807, 2.05) is 13.0 Å². The molecule has 0 N–H and O–H groups in total. The molecule has 1 amide bonds. The normalized spacial score (nSPS) is 19.2. The van der Waals surface area contributed by atoms with Crippen molar-refractivity contribution in [2.45, 2.75) is 26.1 Å². The summed E-state index contributed by atoms with van der Waals surface area (Å²) in [5, 5.41) is 0. The first-order valence-corrected chi connectivity index (χ1v) is 10.4. The van der Waals surface area contributed by atoms with E-state index in [4.69, 9.17) is 0 Å². The quantitative estimate of drug-likeness (QED) is 0.733. The van der Waals surface area contributed by atoms with E-state index < -0.39 is 39.7 Å². The minimum atomic E-state index is -4.68. The van der Waals surface area contributed by atoms with Crippen LogP contribution < -0.4 is 9.21 Å². The number of likely N-dealkylation sites (N-methyl/N-ethyl adjacent to an activating group) is 2. The van der Waals surface area contributed by atoms with Crippen LogP contribution in [0.25, 0.3) is 0 Å². The molecule has 1 saturated heterocycles. The molecule has 0 saturated carbocycles. The predicted octanol–water partition coefficient (Wildman–Crippen LogP) is 2.75. The minimum absolute atomic E-state index is 0.0113. The van der Waals surface area contributed by atoms with E-state index in [0.29, 0.717) is 16.1 Å². The van der Waals surface area contributed by atoms with Crippen LogP contribution in [0.15, 0.2) is 36.4 Å². The monoisotopic (exact) mass is 442 g/mol. The molecule has 1 aromatic carbocycles. The van der Waals surface area contributed by atoms with Crippen LogP contribution in [0.2, 0.25) is 0 Å². The average molecular weight is 442 g/mol. The second-order valence-electron chi connectivity index (χ2n) is 7.19. The Morgan fingerprint density at radius 2 is 1.87 bits per heavy atom. The van der Waals surface area contributed by atoms with E-state index >= 15 is 0 Å². The van der Waals surface area contributed by atoms with Gasteiger partial charge < -0.3 is 4.90 Å². The number of alkyl halides is 3. The fourth-order valence-corrected chi connectivity index (χ4v) is 4.73. The Kier molecular flexibility index (Phi) is 5.54. The summed E-state index contributed by atoms with van der Waals surface area (Å²) in [6, 6.07) is 7.25. The number of carbonyl (C=O) groups excluding carboxylic acids is 1. The Morgan fingerprint density at radius 3 is 2.47 bits per heavy atom. The molecule has 7 nitrogen and oxygen atoms in total. The zero-order chi connectivity index (χ0) is 22.4. The molecule has 162 valence electrons. The average Bonchev–Trinajstić information content (AvgIpc) is 2.88. The Bertz CT molecular complexity index is 1090. The van der Waals surface area contributed by atoms with Gasteiger partial charge >= 0.3 is 16.4 Å². The van der Waals surface area contributed by atoms with Crippen LogP contribution >= 0.6 is 0 Å². The summed E-state index contributed by atoms with van der Waals surface area (Å²) >= 11 is 0. The first-order chi connectivity index (χ1) is 13.8. The highest BCUT2D eigenvalue weighted by atomic mass is 32.2. The number of benzene rings is 1. The molecule has 0 unspecified atom stereocenters. The summed E-state index contributed by atoms with van der Waals surface area (Å²) in [7, 11) is -1.47. The molecule has 0 bridgehead atoms. The van der Waals surface area contributed by atoms with Gasteiger partial charge in [0.15, 0.2) is 0 Å². The Morgan fingerprint density at radius 1 is 1.20 bits per heavy atom. The lowest BCUT2D eigenvalue weighted by Gasteiger charge is -2.27. The molecule has 30 heavy (non-hydrogen) atoms. The smallest absolute Gasteiger partial charge is 0.314 e. The van der Waals surface area contributed by atoms with Gasteiger partial charge in [0.1, 0.15) is 11.9 Å². The van der Waals surface area contributed by atoms with Crippen molar-refractivity contribution < 1.29 is 26.4 Å². The standard InChI is InChI=1S/C19H21F3N4O3S/c1-12-6-5-7-15(8-12)25(4)18(27)16-11-24(3)30(28,29)26(16)17-10-14(19(20,21)22)9-13(2)23-17/h5-10,16H,11H2,1-4H3/t16-/m0/s1. The fourth-order valence-electron chi connectivity index (χ4n) is 3.29. The van der Waals surface area contributed by atoms with Crippen LogP contribution in [0.1, 0.15) is 16.8 Å². The van der Waals surface area contributed by atoms with Gasteiger partial charge in [-0.3, -0.25) is 4.79 Å². The maximum atomic E-state index is 13.3. The molecule has 0 radical (unpaired) electrons. The van der Waals surface area contributed by atoms with Crippen LogP contribution in [0.4, 0.5) is 24.7 Å². The van der Waals surface area contributed by atoms with E-state index in [-0.39, 0.29) is 12.2 Å². The Labute approximate surface area is 172 Å². The predicted molar refractivity (Wildman–Crippen MR) is 106 cm³/mol. The number of pyridine rings is 1. The molecule has 3 rings (SSSR count). The molecule has 11 heteroatoms. The summed E-state index contributed by atoms with van der Waals surface area (Å²) in [6.07, 6.45) is -4.68. The second-order valence-corrected chi connectivity index (χ2v) is 9.10. The molecule has 2 heterocycles. The Hall–Kier alpha value is -2.66. The summed E-state index contributed by atoms with van der Waals surface area (Å²) in [4.78, 5) is 18.5. The van der Waals surface area contributed by atoms with Crippen LogP contribution in [0, 0.1) is 13.8 Å². The zero-order valence-electron chi connectivity index (χ0n) is 16.8. The highest BCUT2D eigenvalue weighted by Crippen LogP contribution is 2.35. The van der Waals surface area contributed by atoms with Gasteiger partial charge in [-0.15, -0.1) is 0 Å². The highest BCUT2D eigenvalue weighted by molar-refractivity contribution is 7.90. The number of amides is 1. The number of nitrogens with zero attached hydrogens (tertiary/aromatic N) is 4. The molecule has 1 atom stereocenters. The highest BCUT2D eigenvalue weighted by Gasteiger charge is 2.48. The number of anilines is 2. The first kappa shape index (κ1) is 22.0. The molecular weight excluding hydrogens is 421 g/mol.